The van der Waals surface area contributed by atoms with Crippen molar-refractivity contribution in [2.24, 2.45) is 0 Å². The lowest BCUT2D eigenvalue weighted by Gasteiger charge is -2.22. The summed E-state index contributed by atoms with van der Waals surface area (Å²) in [6.07, 6.45) is 2.57. The van der Waals surface area contributed by atoms with Gasteiger partial charge in [0.15, 0.2) is 0 Å². The van der Waals surface area contributed by atoms with Gasteiger partial charge in [0.2, 0.25) is 0 Å². The molecule has 21 heavy (non-hydrogen) atoms. The van der Waals surface area contributed by atoms with Gasteiger partial charge in [0.1, 0.15) is 0 Å². The molecular formula is C19H22N2. The van der Waals surface area contributed by atoms with Crippen LogP contribution in [0.4, 0.5) is 11.4 Å². The van der Waals surface area contributed by atoms with Crippen LogP contribution >= 0.6 is 0 Å². The number of hydrogen-bond donors (Lipinski definition) is 1. The Labute approximate surface area is 127 Å². The van der Waals surface area contributed by atoms with Crippen LogP contribution < -0.4 is 10.2 Å². The molecular weight excluding hydrogens is 256 g/mol. The van der Waals surface area contributed by atoms with Crippen molar-refractivity contribution in [1.82, 2.24) is 0 Å². The van der Waals surface area contributed by atoms with E-state index in [0.29, 0.717) is 0 Å². The minimum absolute atomic E-state index is 0.946. The highest BCUT2D eigenvalue weighted by molar-refractivity contribution is 5.82. The molecule has 1 heterocycles. The number of aryl methyl sites for hydroxylation is 1. The van der Waals surface area contributed by atoms with Crippen LogP contribution in [0.5, 0.6) is 0 Å². The van der Waals surface area contributed by atoms with Gasteiger partial charge in [-0.1, -0.05) is 48.5 Å². The zero-order chi connectivity index (χ0) is 14.7. The molecule has 0 atom stereocenters. The van der Waals surface area contributed by atoms with Gasteiger partial charge in [0.05, 0.1) is 11.4 Å². The van der Waals surface area contributed by atoms with Crippen molar-refractivity contribution in [3.63, 3.8) is 0 Å². The Kier molecular flexibility index (Phi) is 3.96. The summed E-state index contributed by atoms with van der Waals surface area (Å²) in [5.74, 6) is 0. The summed E-state index contributed by atoms with van der Waals surface area (Å²) in [6.45, 7) is 8.58. The molecule has 0 saturated carbocycles. The van der Waals surface area contributed by atoms with Crippen molar-refractivity contribution >= 4 is 17.1 Å². The highest BCUT2D eigenvalue weighted by atomic mass is 15.2. The molecule has 1 N–H and O–H groups in total. The number of anilines is 2. The van der Waals surface area contributed by atoms with Crippen LogP contribution in [0.3, 0.4) is 0 Å². The molecule has 0 aliphatic carbocycles. The van der Waals surface area contributed by atoms with Gasteiger partial charge in [-0.2, -0.15) is 0 Å². The smallest absolute Gasteiger partial charge is 0.0622 e. The first-order valence-electron chi connectivity index (χ1n) is 7.61. The van der Waals surface area contributed by atoms with Crippen LogP contribution in [0.2, 0.25) is 0 Å². The molecule has 1 fully saturated rings. The van der Waals surface area contributed by atoms with E-state index in [4.69, 9.17) is 0 Å². The highest BCUT2D eigenvalue weighted by Crippen LogP contribution is 2.30. The van der Waals surface area contributed by atoms with E-state index >= 15 is 0 Å². The molecule has 0 bridgehead atoms. The third-order valence-corrected chi connectivity index (χ3v) is 4.04. The summed E-state index contributed by atoms with van der Waals surface area (Å²) in [5.41, 5.74) is 5.77. The molecule has 0 unspecified atom stereocenters. The summed E-state index contributed by atoms with van der Waals surface area (Å²) in [4.78, 5) is 2.45. The topological polar surface area (TPSA) is 15.3 Å². The maximum atomic E-state index is 4.19. The van der Waals surface area contributed by atoms with Crippen molar-refractivity contribution < 1.29 is 0 Å². The van der Waals surface area contributed by atoms with Gasteiger partial charge in [-0.05, 0) is 37.5 Å². The van der Waals surface area contributed by atoms with Gasteiger partial charge >= 0.3 is 0 Å². The van der Waals surface area contributed by atoms with Gasteiger partial charge in [-0.25, -0.2) is 0 Å². The Hall–Kier alpha value is -2.22. The van der Waals surface area contributed by atoms with Crippen molar-refractivity contribution in [1.29, 1.82) is 0 Å². The van der Waals surface area contributed by atoms with Crippen LogP contribution in [-0.2, 0) is 0 Å². The molecule has 0 amide bonds. The molecule has 2 heteroatoms. The van der Waals surface area contributed by atoms with Gasteiger partial charge in [-0.15, -0.1) is 0 Å². The molecule has 1 aliphatic heterocycles. The third kappa shape index (κ3) is 3.10. The number of para-hydroxylation sites is 2. The first-order valence-corrected chi connectivity index (χ1v) is 7.61. The fourth-order valence-electron chi connectivity index (χ4n) is 2.80. The van der Waals surface area contributed by atoms with Crippen molar-refractivity contribution in [3.05, 3.63) is 66.2 Å². The second kappa shape index (κ2) is 6.04. The fraction of sp³-hybridized carbons (Fsp3) is 0.263. The first-order chi connectivity index (χ1) is 10.2. The molecule has 108 valence electrons. The number of hydrogen-bond acceptors (Lipinski definition) is 2. The summed E-state index contributed by atoms with van der Waals surface area (Å²) < 4.78 is 0. The Balaban J connectivity index is 1.81. The molecule has 1 aliphatic rings. The van der Waals surface area contributed by atoms with E-state index in [1.165, 1.54) is 24.1 Å². The Bertz CT molecular complexity index is 622. The summed E-state index contributed by atoms with van der Waals surface area (Å²) in [5, 5.41) is 3.49. The zero-order valence-corrected chi connectivity index (χ0v) is 12.6. The fourth-order valence-corrected chi connectivity index (χ4v) is 2.80. The van der Waals surface area contributed by atoms with Crippen molar-refractivity contribution in [2.75, 3.05) is 23.3 Å². The average Bonchev–Trinajstić information content (AvgIpc) is 3.02. The highest BCUT2D eigenvalue weighted by Gasteiger charge is 2.15. The van der Waals surface area contributed by atoms with Crippen molar-refractivity contribution in [2.45, 2.75) is 19.8 Å². The Morgan fingerprint density at radius 2 is 1.67 bits per heavy atom. The van der Waals surface area contributed by atoms with Crippen LogP contribution in [0, 0.1) is 6.92 Å². The van der Waals surface area contributed by atoms with E-state index in [-0.39, 0.29) is 0 Å². The molecule has 0 aromatic heterocycles. The normalized spacial score (nSPS) is 14.2. The monoisotopic (exact) mass is 278 g/mol. The number of benzene rings is 2. The van der Waals surface area contributed by atoms with E-state index in [1.54, 1.807) is 0 Å². The largest absolute Gasteiger partial charge is 0.370 e. The summed E-state index contributed by atoms with van der Waals surface area (Å²) in [7, 11) is 0. The quantitative estimate of drug-likeness (QED) is 0.873. The molecule has 2 nitrogen and oxygen atoms in total. The van der Waals surface area contributed by atoms with Crippen LogP contribution in [0.15, 0.2) is 55.1 Å². The van der Waals surface area contributed by atoms with Gasteiger partial charge in [0.25, 0.3) is 0 Å². The molecule has 0 radical (unpaired) electrons. The standard InChI is InChI=1S/C19H22N2/c1-15-9-11-17(12-10-15)16(2)20-18-7-3-4-8-19(18)21-13-5-6-14-21/h3-4,7-12,20H,2,5-6,13-14H2,1H3. The van der Waals surface area contributed by atoms with Crippen LogP contribution in [-0.4, -0.2) is 13.1 Å². The second-order valence-electron chi connectivity index (χ2n) is 5.68. The second-order valence-corrected chi connectivity index (χ2v) is 5.68. The zero-order valence-electron chi connectivity index (χ0n) is 12.6. The number of rotatable bonds is 4. The third-order valence-electron chi connectivity index (χ3n) is 4.04. The minimum Gasteiger partial charge on any atom is -0.370 e. The predicted octanol–water partition coefficient (Wildman–Crippen LogP) is 4.68. The molecule has 2 aromatic carbocycles. The molecule has 1 saturated heterocycles. The van der Waals surface area contributed by atoms with Crippen molar-refractivity contribution in [3.8, 4) is 0 Å². The maximum absolute atomic E-state index is 4.19. The number of nitrogens with one attached hydrogen (secondary N) is 1. The lowest BCUT2D eigenvalue weighted by molar-refractivity contribution is 0.949. The van der Waals surface area contributed by atoms with E-state index < -0.39 is 0 Å². The summed E-state index contributed by atoms with van der Waals surface area (Å²) >= 11 is 0. The lowest BCUT2D eigenvalue weighted by Crippen LogP contribution is -2.19. The Morgan fingerprint density at radius 1 is 1.00 bits per heavy atom. The van der Waals surface area contributed by atoms with Crippen LogP contribution in [0.25, 0.3) is 5.70 Å². The number of nitrogens with zero attached hydrogens (tertiary/aromatic N) is 1. The van der Waals surface area contributed by atoms with Gasteiger partial charge < -0.3 is 10.2 Å². The Morgan fingerprint density at radius 3 is 2.38 bits per heavy atom. The maximum Gasteiger partial charge on any atom is 0.0622 e. The molecule has 2 aromatic rings. The van der Waals surface area contributed by atoms with Gasteiger partial charge in [-0.3, -0.25) is 0 Å². The van der Waals surface area contributed by atoms with E-state index in [9.17, 15) is 0 Å². The van der Waals surface area contributed by atoms with E-state index in [1.807, 2.05) is 0 Å². The molecule has 3 rings (SSSR count). The van der Waals surface area contributed by atoms with E-state index in [0.717, 1.165) is 30.0 Å². The predicted molar refractivity (Wildman–Crippen MR) is 91.7 cm³/mol. The minimum atomic E-state index is 0.946. The lowest BCUT2D eigenvalue weighted by atomic mass is 10.1. The van der Waals surface area contributed by atoms with Crippen LogP contribution in [0.1, 0.15) is 24.0 Å². The summed E-state index contributed by atoms with van der Waals surface area (Å²) in [6, 6.07) is 17.0. The van der Waals surface area contributed by atoms with E-state index in [2.05, 4.69) is 72.3 Å². The first kappa shape index (κ1) is 13.7. The molecule has 0 spiro atoms. The van der Waals surface area contributed by atoms with Gasteiger partial charge in [0, 0.05) is 18.8 Å². The average molecular weight is 278 g/mol. The SMILES string of the molecule is C=C(Nc1ccccc1N1CCCC1)c1ccc(C)cc1.